The maximum atomic E-state index is 14.7. The second kappa shape index (κ2) is 24.7. The van der Waals surface area contributed by atoms with E-state index >= 15 is 0 Å². The van der Waals surface area contributed by atoms with E-state index in [1.54, 1.807) is 41.1 Å². The fourth-order valence-electron chi connectivity index (χ4n) is 12.8. The van der Waals surface area contributed by atoms with Gasteiger partial charge in [-0.3, -0.25) is 24.0 Å². The van der Waals surface area contributed by atoms with Crippen LogP contribution in [-0.4, -0.2) is 144 Å². The molecular formula is C57H81ClN2O14. The summed E-state index contributed by atoms with van der Waals surface area (Å²) >= 11 is 6.48. The smallest absolute Gasteiger partial charge is 0.329 e. The van der Waals surface area contributed by atoms with E-state index in [1.807, 2.05) is 63.1 Å². The Morgan fingerprint density at radius 1 is 0.851 bits per heavy atom. The third kappa shape index (κ3) is 12.4. The third-order valence-electron chi connectivity index (χ3n) is 17.3. The molecule has 1 amide bonds. The molecule has 1 saturated carbocycles. The second-order valence-corrected chi connectivity index (χ2v) is 22.9. The molecule has 0 radical (unpaired) electrons. The van der Waals surface area contributed by atoms with Gasteiger partial charge in [-0.05, 0) is 137 Å². The number of anilines is 1. The van der Waals surface area contributed by atoms with Gasteiger partial charge in [0.2, 0.25) is 5.79 Å². The number of carbonyl (C=O) groups excluding carboxylic acids is 5. The number of esters is 1. The van der Waals surface area contributed by atoms with E-state index in [0.29, 0.717) is 68.4 Å². The summed E-state index contributed by atoms with van der Waals surface area (Å²) in [7, 11) is 4.51. The van der Waals surface area contributed by atoms with E-state index in [-0.39, 0.29) is 48.8 Å². The van der Waals surface area contributed by atoms with Gasteiger partial charge in [0.25, 0.3) is 11.7 Å². The molecule has 17 heteroatoms. The molecule has 3 unspecified atom stereocenters. The Balaban J connectivity index is 1.24. The van der Waals surface area contributed by atoms with Crippen molar-refractivity contribution in [2.75, 3.05) is 32.9 Å². The molecule has 8 bridgehead atoms. The monoisotopic (exact) mass is 1050 g/mol. The van der Waals surface area contributed by atoms with Crippen molar-refractivity contribution in [1.29, 1.82) is 0 Å². The van der Waals surface area contributed by atoms with Crippen LogP contribution in [-0.2, 0) is 52.5 Å². The number of hydrogen-bond acceptors (Lipinski definition) is 15. The number of ketones is 3. The van der Waals surface area contributed by atoms with Crippen molar-refractivity contribution in [3.05, 3.63) is 64.2 Å². The molecule has 18 atom stereocenters. The summed E-state index contributed by atoms with van der Waals surface area (Å²) in [5.74, 6) is -9.08. The Hall–Kier alpha value is -3.84. The average molecular weight is 1050 g/mol. The number of piperidine rings is 1. The molecule has 8 aliphatic heterocycles. The number of aliphatic hydroxyl groups is 3. The summed E-state index contributed by atoms with van der Waals surface area (Å²) in [6.45, 7) is 12.8. The summed E-state index contributed by atoms with van der Waals surface area (Å²) in [5.41, 5.74) is 2.77. The number of methoxy groups -OCH3 is 3. The van der Waals surface area contributed by atoms with Gasteiger partial charge in [-0.1, -0.05) is 57.5 Å². The number of aryl methyl sites for hydroxylation is 1. The van der Waals surface area contributed by atoms with Gasteiger partial charge < -0.3 is 43.9 Å². The van der Waals surface area contributed by atoms with Crippen LogP contribution in [0.5, 0.6) is 0 Å². The summed E-state index contributed by atoms with van der Waals surface area (Å²) in [5, 5.41) is 37.1. The van der Waals surface area contributed by atoms with Gasteiger partial charge >= 0.3 is 5.97 Å². The molecule has 9 aliphatic rings. The lowest BCUT2D eigenvalue weighted by atomic mass is 9.68. The van der Waals surface area contributed by atoms with Crippen LogP contribution in [0.4, 0.5) is 5.69 Å². The van der Waals surface area contributed by atoms with Crippen molar-refractivity contribution >= 4 is 46.5 Å². The van der Waals surface area contributed by atoms with Crippen LogP contribution in [0.1, 0.15) is 118 Å². The van der Waals surface area contributed by atoms with Crippen molar-refractivity contribution in [2.45, 2.75) is 186 Å². The summed E-state index contributed by atoms with van der Waals surface area (Å²) in [6, 6.07) is 4.15. The Labute approximate surface area is 442 Å². The fourth-order valence-corrected chi connectivity index (χ4v) is 12.9. The molecule has 0 aromatic heterocycles. The first-order valence-corrected chi connectivity index (χ1v) is 27.2. The highest BCUT2D eigenvalue weighted by Gasteiger charge is 2.57. The molecule has 8 heterocycles. The van der Waals surface area contributed by atoms with Crippen LogP contribution in [0.25, 0.3) is 0 Å². The van der Waals surface area contributed by atoms with Gasteiger partial charge in [0.05, 0.1) is 36.1 Å². The minimum Gasteiger partial charge on any atom is -0.460 e. The van der Waals surface area contributed by atoms with E-state index in [4.69, 9.17) is 40.1 Å². The van der Waals surface area contributed by atoms with E-state index in [9.17, 15) is 39.3 Å². The molecule has 16 nitrogen and oxygen atoms in total. The Kier molecular flexibility index (Phi) is 19.3. The maximum Gasteiger partial charge on any atom is 0.329 e. The van der Waals surface area contributed by atoms with Crippen LogP contribution >= 0.6 is 11.6 Å². The Bertz CT molecular complexity index is 2300. The van der Waals surface area contributed by atoms with Crippen LogP contribution in [0.2, 0.25) is 5.02 Å². The molecule has 74 heavy (non-hydrogen) atoms. The largest absolute Gasteiger partial charge is 0.460 e. The van der Waals surface area contributed by atoms with E-state index in [1.165, 1.54) is 12.0 Å². The summed E-state index contributed by atoms with van der Waals surface area (Å²) in [4.78, 5) is 80.2. The SMILES string of the molecule is CO[C@H]1C[C@@H]2CC[C@@H](C)[C@@](O)(O2)C(=O)C(=O)N2CCCC3[C@H]2C(=O)O[C@@H](CC(=O)[C@H](C)/C=C(\C)[C@@H](O)[C@@H](OC)C(=O)[C@H](C)C[C@H](C)C2C=CC(C=C1C)ON2c1ccc(Cl)c(C)c1)[C@H]3C[C@@H]1CC[C@@H](O)[C@H](OC)C1. The first-order valence-electron chi connectivity index (χ1n) is 26.8. The molecule has 10 rings (SSSR count). The fraction of sp³-hybridized carbons (Fsp3) is 0.702. The first kappa shape index (κ1) is 57.9. The van der Waals surface area contributed by atoms with Crippen molar-refractivity contribution in [2.24, 2.45) is 41.4 Å². The molecule has 0 spiro atoms. The van der Waals surface area contributed by atoms with Gasteiger partial charge in [0.1, 0.15) is 36.2 Å². The maximum absolute atomic E-state index is 14.7. The predicted molar refractivity (Wildman–Crippen MR) is 277 cm³/mol. The molecule has 3 saturated heterocycles. The minimum absolute atomic E-state index is 0.0345. The molecule has 1 aromatic rings. The van der Waals surface area contributed by atoms with Crippen molar-refractivity contribution in [3.63, 3.8) is 0 Å². The Morgan fingerprint density at radius 2 is 1.59 bits per heavy atom. The van der Waals surface area contributed by atoms with Crippen LogP contribution < -0.4 is 5.06 Å². The number of aliphatic hydroxyl groups excluding tert-OH is 2. The average Bonchev–Trinajstić information content (AvgIpc) is 3.37. The number of carbonyl (C=O) groups is 5. The van der Waals surface area contributed by atoms with Crippen LogP contribution in [0.15, 0.2) is 53.6 Å². The zero-order valence-corrected chi connectivity index (χ0v) is 45.7. The first-order chi connectivity index (χ1) is 35.1. The lowest BCUT2D eigenvalue weighted by molar-refractivity contribution is -0.266. The number of Topliss-reactive ketones (excluding diaryl/α,β-unsaturated/α-hetero) is 3. The van der Waals surface area contributed by atoms with Crippen molar-refractivity contribution in [1.82, 2.24) is 4.90 Å². The standard InChI is InChI=1S/C57H81ClN2O14/c1-30-24-38(15-18-43(30)58)60-44-19-17-40(74-60)25-33(4)47(69-8)28-39-16-13-36(7)57(68,73-39)54(65)55(66)59-21-11-12-41-42(26-37-14-20-45(61)49(27-37)70-9)48(72-56(67)50(41)59)29-46(62)32(3)23-35(6)52(64)53(71-10)51(63)34(5)22-31(44)2/h15,17-19,23-25,31-32,34,36-37,39-42,44-45,47-50,52-53,61,64,68H,11-14,16,20-22,26-29H2,1-10H3/b33-25?,35-23+/t31-,32+,34+,36+,37-,39-,40?,41?,42-,44?,45+,47-,48-,49+,50-,52+,53-,57+/m0/s1. The van der Waals surface area contributed by atoms with Gasteiger partial charge in [0.15, 0.2) is 5.78 Å². The van der Waals surface area contributed by atoms with Gasteiger partial charge in [-0.25, -0.2) is 9.86 Å². The lowest BCUT2D eigenvalue weighted by Gasteiger charge is -2.50. The number of allylic oxidation sites excluding steroid dienone is 1. The molecular weight excluding hydrogens is 972 g/mol. The van der Waals surface area contributed by atoms with Gasteiger partial charge in [0, 0.05) is 69.4 Å². The van der Waals surface area contributed by atoms with Crippen LogP contribution in [0, 0.1) is 48.3 Å². The highest BCUT2D eigenvalue weighted by atomic mass is 35.5. The zero-order chi connectivity index (χ0) is 53.9. The van der Waals surface area contributed by atoms with Gasteiger partial charge in [-0.15, -0.1) is 0 Å². The molecule has 1 aliphatic carbocycles. The van der Waals surface area contributed by atoms with E-state index < -0.39 is 108 Å². The zero-order valence-electron chi connectivity index (χ0n) is 44.9. The number of halogens is 1. The summed E-state index contributed by atoms with van der Waals surface area (Å²) < 4.78 is 29.9. The number of benzene rings is 1. The highest BCUT2D eigenvalue weighted by Crippen LogP contribution is 2.46. The van der Waals surface area contributed by atoms with Crippen molar-refractivity contribution in [3.8, 4) is 0 Å². The third-order valence-corrected chi connectivity index (χ3v) is 17.7. The molecule has 4 fully saturated rings. The number of nitrogens with zero attached hydrogens (tertiary/aromatic N) is 2. The number of hydroxylamine groups is 1. The minimum atomic E-state index is -2.49. The summed E-state index contributed by atoms with van der Waals surface area (Å²) in [6.07, 6.45) is 5.83. The highest BCUT2D eigenvalue weighted by molar-refractivity contribution is 6.39. The van der Waals surface area contributed by atoms with Crippen molar-refractivity contribution < 1.29 is 67.8 Å². The number of ether oxygens (including phenoxy) is 5. The number of amides is 1. The van der Waals surface area contributed by atoms with Crippen LogP contribution in [0.3, 0.4) is 0 Å². The van der Waals surface area contributed by atoms with E-state index in [2.05, 4.69) is 6.08 Å². The molecule has 1 aromatic carbocycles. The quantitative estimate of drug-likeness (QED) is 0.149. The molecule has 3 N–H and O–H groups in total. The topological polar surface area (TPSA) is 208 Å². The molecule has 410 valence electrons. The Morgan fingerprint density at radius 3 is 2.28 bits per heavy atom. The second-order valence-electron chi connectivity index (χ2n) is 22.5. The number of rotatable bonds is 6. The predicted octanol–water partition coefficient (Wildman–Crippen LogP) is 7.00. The van der Waals surface area contributed by atoms with Gasteiger partial charge in [-0.2, -0.15) is 0 Å². The normalized spacial score (nSPS) is 40.2. The lowest BCUT2D eigenvalue weighted by Crippen LogP contribution is -2.65. The number of hydrogen-bond donors (Lipinski definition) is 3. The van der Waals surface area contributed by atoms with E-state index in [0.717, 1.165) is 16.8 Å².